The first-order valence-corrected chi connectivity index (χ1v) is 9.15. The number of hydrogen-bond acceptors (Lipinski definition) is 3. The summed E-state index contributed by atoms with van der Waals surface area (Å²) in [4.78, 5) is 4.24. The lowest BCUT2D eigenvalue weighted by Gasteiger charge is -2.11. The quantitative estimate of drug-likeness (QED) is 0.758. The molecule has 0 aliphatic heterocycles. The SMILES string of the molecule is Cc1ccc(S(=O)(=O)Nc2cc(C)cc(-c3ccc(F)cn3)c2)cc1. The van der Waals surface area contributed by atoms with Crippen LogP contribution in [0.4, 0.5) is 10.1 Å². The number of sulfonamides is 1. The van der Waals surface area contributed by atoms with E-state index < -0.39 is 15.8 Å². The van der Waals surface area contributed by atoms with E-state index in [1.54, 1.807) is 42.5 Å². The van der Waals surface area contributed by atoms with E-state index >= 15 is 0 Å². The Labute approximate surface area is 146 Å². The van der Waals surface area contributed by atoms with E-state index in [-0.39, 0.29) is 4.90 Å². The van der Waals surface area contributed by atoms with Gasteiger partial charge >= 0.3 is 0 Å². The summed E-state index contributed by atoms with van der Waals surface area (Å²) in [6.07, 6.45) is 1.13. The van der Waals surface area contributed by atoms with Crippen LogP contribution in [0.5, 0.6) is 0 Å². The van der Waals surface area contributed by atoms with Gasteiger partial charge in [-0.25, -0.2) is 12.8 Å². The topological polar surface area (TPSA) is 59.1 Å². The van der Waals surface area contributed by atoms with Crippen molar-refractivity contribution in [2.75, 3.05) is 4.72 Å². The first kappa shape index (κ1) is 17.1. The number of aromatic nitrogens is 1. The number of nitrogens with one attached hydrogen (secondary N) is 1. The van der Waals surface area contributed by atoms with Gasteiger partial charge in [-0.1, -0.05) is 17.7 Å². The molecule has 0 saturated heterocycles. The fourth-order valence-electron chi connectivity index (χ4n) is 2.47. The summed E-state index contributed by atoms with van der Waals surface area (Å²) >= 11 is 0. The fourth-order valence-corrected chi connectivity index (χ4v) is 3.51. The molecule has 128 valence electrons. The largest absolute Gasteiger partial charge is 0.280 e. The van der Waals surface area contributed by atoms with Crippen molar-refractivity contribution in [2.24, 2.45) is 0 Å². The molecule has 1 aromatic heterocycles. The Morgan fingerprint density at radius 1 is 0.920 bits per heavy atom. The third-order valence-electron chi connectivity index (χ3n) is 3.68. The smallest absolute Gasteiger partial charge is 0.261 e. The molecule has 0 unspecified atom stereocenters. The maximum Gasteiger partial charge on any atom is 0.261 e. The maximum atomic E-state index is 13.0. The van der Waals surface area contributed by atoms with Crippen molar-refractivity contribution in [3.05, 3.63) is 77.7 Å². The predicted molar refractivity (Wildman–Crippen MR) is 96.4 cm³/mol. The summed E-state index contributed by atoms with van der Waals surface area (Å²) in [5, 5.41) is 0. The second-order valence-electron chi connectivity index (χ2n) is 5.87. The van der Waals surface area contributed by atoms with Crippen molar-refractivity contribution in [2.45, 2.75) is 18.7 Å². The van der Waals surface area contributed by atoms with Gasteiger partial charge in [-0.2, -0.15) is 0 Å². The van der Waals surface area contributed by atoms with E-state index in [0.717, 1.165) is 17.3 Å². The molecule has 0 atom stereocenters. The molecule has 25 heavy (non-hydrogen) atoms. The van der Waals surface area contributed by atoms with Crippen LogP contribution in [-0.2, 0) is 10.0 Å². The minimum absolute atomic E-state index is 0.195. The molecule has 0 fully saturated rings. The summed E-state index contributed by atoms with van der Waals surface area (Å²) in [6.45, 7) is 3.75. The highest BCUT2D eigenvalue weighted by Gasteiger charge is 2.14. The van der Waals surface area contributed by atoms with Gasteiger partial charge in [0.15, 0.2) is 0 Å². The van der Waals surface area contributed by atoms with Crippen LogP contribution in [0.25, 0.3) is 11.3 Å². The Morgan fingerprint density at radius 2 is 1.64 bits per heavy atom. The Hall–Kier alpha value is -2.73. The number of rotatable bonds is 4. The van der Waals surface area contributed by atoms with Crippen molar-refractivity contribution < 1.29 is 12.8 Å². The van der Waals surface area contributed by atoms with Crippen molar-refractivity contribution >= 4 is 15.7 Å². The van der Waals surface area contributed by atoms with E-state index in [0.29, 0.717) is 16.9 Å². The zero-order chi connectivity index (χ0) is 18.0. The Morgan fingerprint density at radius 3 is 2.28 bits per heavy atom. The van der Waals surface area contributed by atoms with E-state index in [9.17, 15) is 12.8 Å². The predicted octanol–water partition coefficient (Wildman–Crippen LogP) is 4.31. The maximum absolute atomic E-state index is 13.0. The minimum atomic E-state index is -3.68. The van der Waals surface area contributed by atoms with Crippen molar-refractivity contribution in [3.63, 3.8) is 0 Å². The highest BCUT2D eigenvalue weighted by Crippen LogP contribution is 2.25. The molecule has 2 aromatic carbocycles. The number of pyridine rings is 1. The normalized spacial score (nSPS) is 11.3. The van der Waals surface area contributed by atoms with Crippen LogP contribution in [-0.4, -0.2) is 13.4 Å². The lowest BCUT2D eigenvalue weighted by molar-refractivity contribution is 0.601. The molecule has 0 aliphatic rings. The molecule has 0 saturated carbocycles. The highest BCUT2D eigenvalue weighted by molar-refractivity contribution is 7.92. The number of halogens is 1. The summed E-state index contributed by atoms with van der Waals surface area (Å²) in [5.74, 6) is -0.420. The lowest BCUT2D eigenvalue weighted by atomic mass is 10.1. The molecule has 0 radical (unpaired) electrons. The van der Waals surface area contributed by atoms with Gasteiger partial charge in [0.05, 0.1) is 16.8 Å². The molecule has 0 aliphatic carbocycles. The number of anilines is 1. The van der Waals surface area contributed by atoms with Crippen LogP contribution in [0.1, 0.15) is 11.1 Å². The van der Waals surface area contributed by atoms with Gasteiger partial charge in [-0.15, -0.1) is 0 Å². The van der Waals surface area contributed by atoms with Crippen LogP contribution in [0.2, 0.25) is 0 Å². The first-order chi connectivity index (χ1) is 11.8. The zero-order valence-electron chi connectivity index (χ0n) is 13.8. The summed E-state index contributed by atoms with van der Waals surface area (Å²) in [6, 6.07) is 14.8. The van der Waals surface area contributed by atoms with Crippen LogP contribution < -0.4 is 4.72 Å². The molecule has 0 spiro atoms. The van der Waals surface area contributed by atoms with Crippen LogP contribution >= 0.6 is 0 Å². The first-order valence-electron chi connectivity index (χ1n) is 7.67. The van der Waals surface area contributed by atoms with E-state index in [1.807, 2.05) is 19.9 Å². The summed E-state index contributed by atoms with van der Waals surface area (Å²) < 4.78 is 40.7. The van der Waals surface area contributed by atoms with E-state index in [2.05, 4.69) is 9.71 Å². The van der Waals surface area contributed by atoms with Crippen molar-refractivity contribution in [1.29, 1.82) is 0 Å². The van der Waals surface area contributed by atoms with Gasteiger partial charge in [0.2, 0.25) is 0 Å². The van der Waals surface area contributed by atoms with Crippen LogP contribution in [0.15, 0.2) is 65.7 Å². The molecule has 4 nitrogen and oxygen atoms in total. The van der Waals surface area contributed by atoms with Crippen molar-refractivity contribution in [1.82, 2.24) is 4.98 Å². The second kappa shape index (κ2) is 6.64. The molecule has 0 bridgehead atoms. The number of aryl methyl sites for hydroxylation is 2. The molecule has 1 heterocycles. The summed E-state index contributed by atoms with van der Waals surface area (Å²) in [7, 11) is -3.68. The molecule has 1 N–H and O–H groups in total. The Balaban J connectivity index is 1.95. The number of nitrogens with zero attached hydrogens (tertiary/aromatic N) is 1. The average Bonchev–Trinajstić information content (AvgIpc) is 2.55. The van der Waals surface area contributed by atoms with Gasteiger partial charge in [0.25, 0.3) is 10.0 Å². The standard InChI is InChI=1S/C19H17FN2O2S/c1-13-3-6-18(7-4-13)25(23,24)22-17-10-14(2)9-15(11-17)19-8-5-16(20)12-21-19/h3-12,22H,1-2H3. The minimum Gasteiger partial charge on any atom is -0.280 e. The van der Waals surface area contributed by atoms with Crippen LogP contribution in [0, 0.1) is 19.7 Å². The number of hydrogen-bond donors (Lipinski definition) is 1. The highest BCUT2D eigenvalue weighted by atomic mass is 32.2. The van der Waals surface area contributed by atoms with Gasteiger partial charge < -0.3 is 0 Å². The Bertz CT molecular complexity index is 999. The monoisotopic (exact) mass is 356 g/mol. The summed E-state index contributed by atoms with van der Waals surface area (Å²) in [5.41, 5.74) is 3.56. The second-order valence-corrected chi connectivity index (χ2v) is 7.55. The lowest BCUT2D eigenvalue weighted by Crippen LogP contribution is -2.13. The molecule has 3 rings (SSSR count). The Kier molecular flexibility index (Phi) is 4.55. The molecule has 0 amide bonds. The number of benzene rings is 2. The van der Waals surface area contributed by atoms with Crippen molar-refractivity contribution in [3.8, 4) is 11.3 Å². The van der Waals surface area contributed by atoms with Gasteiger partial charge in [0.1, 0.15) is 5.82 Å². The van der Waals surface area contributed by atoms with Crippen LogP contribution in [0.3, 0.4) is 0 Å². The molecular weight excluding hydrogens is 339 g/mol. The third-order valence-corrected chi connectivity index (χ3v) is 5.08. The molecule has 3 aromatic rings. The third kappa shape index (κ3) is 4.03. The van der Waals surface area contributed by atoms with Gasteiger partial charge in [-0.3, -0.25) is 9.71 Å². The average molecular weight is 356 g/mol. The zero-order valence-corrected chi connectivity index (χ0v) is 14.6. The molecular formula is C19H17FN2O2S. The molecule has 6 heteroatoms. The van der Waals surface area contributed by atoms with E-state index in [4.69, 9.17) is 0 Å². The van der Waals surface area contributed by atoms with Gasteiger partial charge in [-0.05, 0) is 61.9 Å². The van der Waals surface area contributed by atoms with Gasteiger partial charge in [0, 0.05) is 11.3 Å². The fraction of sp³-hybridized carbons (Fsp3) is 0.105. The van der Waals surface area contributed by atoms with E-state index in [1.165, 1.54) is 6.07 Å².